The average Bonchev–Trinajstić information content (AvgIpc) is 3.00. The number of piperidine rings is 1. The Kier molecular flexibility index (Phi) is 4.33. The minimum atomic E-state index is -2.92. The maximum atomic E-state index is 12.0. The maximum Gasteiger partial charge on any atom is 0.153 e. The second-order valence-corrected chi connectivity index (χ2v) is 8.40. The Labute approximate surface area is 126 Å². The quantitative estimate of drug-likeness (QED) is 0.858. The minimum Gasteiger partial charge on any atom is -0.307 e. The molecule has 1 aromatic rings. The van der Waals surface area contributed by atoms with Gasteiger partial charge in [0.25, 0.3) is 0 Å². The van der Waals surface area contributed by atoms with E-state index in [-0.39, 0.29) is 17.8 Å². The molecule has 0 aliphatic carbocycles. The third kappa shape index (κ3) is 3.64. The first-order chi connectivity index (χ1) is 10.0. The lowest BCUT2D eigenvalue weighted by Gasteiger charge is -2.35. The standard InChI is InChI=1S/C14H24N4O2S/c1-17-9-12(8-16-17)7-15-13-10-21(19,20)11-14(13)18-5-3-2-4-6-18/h8-9,13-15H,2-7,10-11H2,1H3. The number of aromatic nitrogens is 2. The molecule has 0 aromatic carbocycles. The topological polar surface area (TPSA) is 67.2 Å². The van der Waals surface area contributed by atoms with Gasteiger partial charge in [-0.3, -0.25) is 9.58 Å². The van der Waals surface area contributed by atoms with Crippen molar-refractivity contribution in [3.05, 3.63) is 18.0 Å². The Bertz CT molecular complexity index is 578. The van der Waals surface area contributed by atoms with Crippen LogP contribution >= 0.6 is 0 Å². The molecule has 0 saturated carbocycles. The third-order valence-electron chi connectivity index (χ3n) is 4.51. The summed E-state index contributed by atoms with van der Waals surface area (Å²) >= 11 is 0. The van der Waals surface area contributed by atoms with Gasteiger partial charge in [0.2, 0.25) is 0 Å². The van der Waals surface area contributed by atoms with Crippen LogP contribution in [0.5, 0.6) is 0 Å². The summed E-state index contributed by atoms with van der Waals surface area (Å²) in [6.07, 6.45) is 7.43. The Morgan fingerprint density at radius 2 is 2.05 bits per heavy atom. The first kappa shape index (κ1) is 15.0. The van der Waals surface area contributed by atoms with E-state index in [1.165, 1.54) is 19.3 Å². The van der Waals surface area contributed by atoms with Crippen molar-refractivity contribution in [2.24, 2.45) is 7.05 Å². The summed E-state index contributed by atoms with van der Waals surface area (Å²) in [5.41, 5.74) is 1.10. The summed E-state index contributed by atoms with van der Waals surface area (Å²) in [4.78, 5) is 2.37. The number of nitrogens with zero attached hydrogens (tertiary/aromatic N) is 3. The van der Waals surface area contributed by atoms with Crippen LogP contribution in [0.25, 0.3) is 0 Å². The van der Waals surface area contributed by atoms with E-state index >= 15 is 0 Å². The van der Waals surface area contributed by atoms with Crippen LogP contribution in [0.4, 0.5) is 0 Å². The summed E-state index contributed by atoms with van der Waals surface area (Å²) in [6.45, 7) is 2.74. The fraction of sp³-hybridized carbons (Fsp3) is 0.786. The minimum absolute atomic E-state index is 0.0355. The molecule has 2 aliphatic heterocycles. The molecule has 7 heteroatoms. The van der Waals surface area contributed by atoms with Gasteiger partial charge in [-0.25, -0.2) is 8.42 Å². The summed E-state index contributed by atoms with van der Waals surface area (Å²) < 4.78 is 25.8. The zero-order chi connectivity index (χ0) is 14.9. The SMILES string of the molecule is Cn1cc(CNC2CS(=O)(=O)CC2N2CCCCC2)cn1. The molecule has 21 heavy (non-hydrogen) atoms. The number of sulfone groups is 1. The van der Waals surface area contributed by atoms with E-state index < -0.39 is 9.84 Å². The normalized spacial score (nSPS) is 29.8. The first-order valence-electron chi connectivity index (χ1n) is 7.69. The summed E-state index contributed by atoms with van der Waals surface area (Å²) in [5.74, 6) is 0.562. The number of rotatable bonds is 4. The van der Waals surface area contributed by atoms with Gasteiger partial charge in [-0.15, -0.1) is 0 Å². The maximum absolute atomic E-state index is 12.0. The Balaban J connectivity index is 1.65. The molecular weight excluding hydrogens is 288 g/mol. The smallest absolute Gasteiger partial charge is 0.153 e. The van der Waals surface area contributed by atoms with Crippen LogP contribution in [-0.2, 0) is 23.4 Å². The predicted octanol–water partition coefficient (Wildman–Crippen LogP) is 0.161. The summed E-state index contributed by atoms with van der Waals surface area (Å²) in [7, 11) is -1.03. The van der Waals surface area contributed by atoms with Crippen molar-refractivity contribution in [1.29, 1.82) is 0 Å². The highest BCUT2D eigenvalue weighted by molar-refractivity contribution is 7.91. The second-order valence-electron chi connectivity index (χ2n) is 6.25. The van der Waals surface area contributed by atoms with Gasteiger partial charge in [0, 0.05) is 37.4 Å². The summed E-state index contributed by atoms with van der Waals surface area (Å²) in [6, 6.07) is 0.167. The molecule has 3 heterocycles. The zero-order valence-electron chi connectivity index (χ0n) is 12.5. The number of aryl methyl sites for hydroxylation is 1. The molecule has 2 atom stereocenters. The van der Waals surface area contributed by atoms with Gasteiger partial charge in [-0.2, -0.15) is 5.10 Å². The zero-order valence-corrected chi connectivity index (χ0v) is 13.3. The van der Waals surface area contributed by atoms with Crippen molar-refractivity contribution in [1.82, 2.24) is 20.0 Å². The van der Waals surface area contributed by atoms with Crippen LogP contribution in [0.15, 0.2) is 12.4 Å². The van der Waals surface area contributed by atoms with Gasteiger partial charge in [0.15, 0.2) is 9.84 Å². The van der Waals surface area contributed by atoms with Crippen LogP contribution < -0.4 is 5.32 Å². The molecule has 2 saturated heterocycles. The fourth-order valence-corrected chi connectivity index (χ4v) is 5.43. The van der Waals surface area contributed by atoms with Gasteiger partial charge in [-0.05, 0) is 25.9 Å². The number of likely N-dealkylation sites (tertiary alicyclic amines) is 1. The highest BCUT2D eigenvalue weighted by atomic mass is 32.2. The molecule has 3 rings (SSSR count). The predicted molar refractivity (Wildman–Crippen MR) is 81.7 cm³/mol. The average molecular weight is 312 g/mol. The van der Waals surface area contributed by atoms with E-state index in [0.29, 0.717) is 12.3 Å². The van der Waals surface area contributed by atoms with Crippen molar-refractivity contribution in [3.63, 3.8) is 0 Å². The number of hydrogen-bond donors (Lipinski definition) is 1. The van der Waals surface area contributed by atoms with Crippen LogP contribution in [0.3, 0.4) is 0 Å². The Morgan fingerprint density at radius 1 is 1.29 bits per heavy atom. The third-order valence-corrected chi connectivity index (χ3v) is 6.23. The van der Waals surface area contributed by atoms with Crippen molar-refractivity contribution >= 4 is 9.84 Å². The molecule has 2 aliphatic rings. The van der Waals surface area contributed by atoms with E-state index in [1.807, 2.05) is 19.4 Å². The Morgan fingerprint density at radius 3 is 2.71 bits per heavy atom. The van der Waals surface area contributed by atoms with Gasteiger partial charge >= 0.3 is 0 Å². The second kappa shape index (κ2) is 6.06. The molecule has 0 amide bonds. The van der Waals surface area contributed by atoms with Crippen molar-refractivity contribution in [2.45, 2.75) is 37.9 Å². The van der Waals surface area contributed by atoms with E-state index in [4.69, 9.17) is 0 Å². The molecule has 1 aromatic heterocycles. The highest BCUT2D eigenvalue weighted by Crippen LogP contribution is 2.22. The van der Waals surface area contributed by atoms with Gasteiger partial charge in [0.05, 0.1) is 17.7 Å². The monoisotopic (exact) mass is 312 g/mol. The van der Waals surface area contributed by atoms with Crippen molar-refractivity contribution in [3.8, 4) is 0 Å². The first-order valence-corrected chi connectivity index (χ1v) is 9.51. The van der Waals surface area contributed by atoms with E-state index in [1.54, 1.807) is 4.68 Å². The van der Waals surface area contributed by atoms with Crippen LogP contribution in [0.2, 0.25) is 0 Å². The lowest BCUT2D eigenvalue weighted by Crippen LogP contribution is -2.50. The van der Waals surface area contributed by atoms with Gasteiger partial charge in [0.1, 0.15) is 0 Å². The van der Waals surface area contributed by atoms with Crippen molar-refractivity contribution in [2.75, 3.05) is 24.6 Å². The lowest BCUT2D eigenvalue weighted by atomic mass is 10.0. The van der Waals surface area contributed by atoms with E-state index in [0.717, 1.165) is 18.7 Å². The fourth-order valence-electron chi connectivity index (χ4n) is 3.45. The molecule has 1 N–H and O–H groups in total. The molecule has 6 nitrogen and oxygen atoms in total. The number of hydrogen-bond acceptors (Lipinski definition) is 5. The molecule has 0 bridgehead atoms. The van der Waals surface area contributed by atoms with Crippen molar-refractivity contribution < 1.29 is 8.42 Å². The molecular formula is C14H24N4O2S. The summed E-state index contributed by atoms with van der Waals surface area (Å²) in [5, 5.41) is 7.59. The molecule has 2 unspecified atom stereocenters. The van der Waals surface area contributed by atoms with Crippen LogP contribution in [0, 0.1) is 0 Å². The Hall–Kier alpha value is -0.920. The highest BCUT2D eigenvalue weighted by Gasteiger charge is 2.40. The molecule has 118 valence electrons. The van der Waals surface area contributed by atoms with E-state index in [2.05, 4.69) is 15.3 Å². The lowest BCUT2D eigenvalue weighted by molar-refractivity contribution is 0.155. The van der Waals surface area contributed by atoms with Gasteiger partial charge in [-0.1, -0.05) is 6.42 Å². The molecule has 0 spiro atoms. The molecule has 0 radical (unpaired) electrons. The largest absolute Gasteiger partial charge is 0.307 e. The van der Waals surface area contributed by atoms with E-state index in [9.17, 15) is 8.42 Å². The van der Waals surface area contributed by atoms with Gasteiger partial charge < -0.3 is 5.32 Å². The van der Waals surface area contributed by atoms with Crippen LogP contribution in [0.1, 0.15) is 24.8 Å². The molecule has 2 fully saturated rings. The van der Waals surface area contributed by atoms with Crippen LogP contribution in [-0.4, -0.2) is 59.8 Å². The number of nitrogens with one attached hydrogen (secondary N) is 1.